The fourth-order valence-electron chi connectivity index (χ4n) is 2.19. The van der Waals surface area contributed by atoms with Gasteiger partial charge in [-0.3, -0.25) is 4.90 Å². The highest BCUT2D eigenvalue weighted by atomic mass is 32.1. The minimum atomic E-state index is -0.204. The van der Waals surface area contributed by atoms with Gasteiger partial charge >= 0.3 is 0 Å². The minimum Gasteiger partial charge on any atom is -0.360 e. The molecule has 1 heterocycles. The molecule has 0 radical (unpaired) electrons. The number of halogens is 1. The molecule has 1 saturated carbocycles. The third-order valence-electron chi connectivity index (χ3n) is 3.72. The van der Waals surface area contributed by atoms with Gasteiger partial charge in [-0.05, 0) is 45.0 Å². The van der Waals surface area contributed by atoms with Gasteiger partial charge in [-0.2, -0.15) is 0 Å². The lowest BCUT2D eigenvalue weighted by molar-refractivity contribution is 0.257. The van der Waals surface area contributed by atoms with E-state index in [0.717, 1.165) is 27.9 Å². The molecule has 3 rings (SSSR count). The van der Waals surface area contributed by atoms with Crippen molar-refractivity contribution in [1.82, 2.24) is 9.88 Å². The van der Waals surface area contributed by atoms with Crippen molar-refractivity contribution in [2.45, 2.75) is 31.8 Å². The van der Waals surface area contributed by atoms with Crippen molar-refractivity contribution < 1.29 is 4.39 Å². The quantitative estimate of drug-likeness (QED) is 0.910. The van der Waals surface area contributed by atoms with Crippen LogP contribution in [0.1, 0.15) is 19.8 Å². The molecule has 0 aliphatic heterocycles. The van der Waals surface area contributed by atoms with Crippen LogP contribution in [0.3, 0.4) is 0 Å². The molecule has 5 heteroatoms. The van der Waals surface area contributed by atoms with Gasteiger partial charge in [0.25, 0.3) is 0 Å². The van der Waals surface area contributed by atoms with E-state index in [1.54, 1.807) is 6.07 Å². The van der Waals surface area contributed by atoms with Crippen LogP contribution in [0.5, 0.6) is 0 Å². The van der Waals surface area contributed by atoms with Gasteiger partial charge < -0.3 is 5.32 Å². The van der Waals surface area contributed by atoms with Crippen molar-refractivity contribution in [3.8, 4) is 0 Å². The van der Waals surface area contributed by atoms with Gasteiger partial charge in [0.05, 0.1) is 10.2 Å². The first-order chi connectivity index (χ1) is 9.13. The second kappa shape index (κ2) is 5.06. The molecule has 1 aliphatic rings. The summed E-state index contributed by atoms with van der Waals surface area (Å²) < 4.78 is 14.0. The van der Waals surface area contributed by atoms with E-state index in [1.165, 1.54) is 36.3 Å². The Hall–Kier alpha value is -1.20. The summed E-state index contributed by atoms with van der Waals surface area (Å²) in [7, 11) is 2.18. The summed E-state index contributed by atoms with van der Waals surface area (Å²) in [5.74, 6) is -0.204. The molecule has 102 valence electrons. The molecule has 0 spiro atoms. The SMILES string of the molecule is CC(CNc1nc2ccc(F)cc2s1)N(C)C1CC1. The monoisotopic (exact) mass is 279 g/mol. The predicted octanol–water partition coefficient (Wildman–Crippen LogP) is 3.33. The molecule has 0 bridgehead atoms. The van der Waals surface area contributed by atoms with Crippen molar-refractivity contribution in [1.29, 1.82) is 0 Å². The Morgan fingerprint density at radius 2 is 2.32 bits per heavy atom. The number of hydrogen-bond donors (Lipinski definition) is 1. The van der Waals surface area contributed by atoms with E-state index in [2.05, 4.69) is 29.2 Å². The maximum absolute atomic E-state index is 13.1. The lowest BCUT2D eigenvalue weighted by atomic mass is 10.3. The second-order valence-electron chi connectivity index (χ2n) is 5.26. The van der Waals surface area contributed by atoms with Crippen molar-refractivity contribution in [2.75, 3.05) is 18.9 Å². The van der Waals surface area contributed by atoms with Gasteiger partial charge in [0.2, 0.25) is 0 Å². The van der Waals surface area contributed by atoms with Crippen LogP contribution in [0.25, 0.3) is 10.2 Å². The van der Waals surface area contributed by atoms with Crippen LogP contribution in [0.4, 0.5) is 9.52 Å². The Bertz CT molecular complexity index is 579. The lowest BCUT2D eigenvalue weighted by Crippen LogP contribution is -2.36. The molecule has 0 saturated heterocycles. The first kappa shape index (κ1) is 12.8. The van der Waals surface area contributed by atoms with Gasteiger partial charge in [0.1, 0.15) is 5.82 Å². The van der Waals surface area contributed by atoms with E-state index in [9.17, 15) is 4.39 Å². The number of nitrogens with one attached hydrogen (secondary N) is 1. The average Bonchev–Trinajstić information content (AvgIpc) is 3.16. The van der Waals surface area contributed by atoms with Crippen molar-refractivity contribution >= 4 is 26.7 Å². The molecule has 1 fully saturated rings. The Balaban J connectivity index is 1.64. The topological polar surface area (TPSA) is 28.2 Å². The normalized spacial score (nSPS) is 17.1. The number of nitrogens with zero attached hydrogens (tertiary/aromatic N) is 2. The number of anilines is 1. The van der Waals surface area contributed by atoms with Crippen molar-refractivity contribution in [3.05, 3.63) is 24.0 Å². The lowest BCUT2D eigenvalue weighted by Gasteiger charge is -2.24. The second-order valence-corrected chi connectivity index (χ2v) is 6.29. The van der Waals surface area contributed by atoms with E-state index < -0.39 is 0 Å². The minimum absolute atomic E-state index is 0.204. The highest BCUT2D eigenvalue weighted by Gasteiger charge is 2.28. The zero-order chi connectivity index (χ0) is 13.4. The largest absolute Gasteiger partial charge is 0.360 e. The molecule has 1 aromatic carbocycles. The average molecular weight is 279 g/mol. The van der Waals surface area contributed by atoms with Gasteiger partial charge in [0, 0.05) is 18.6 Å². The summed E-state index contributed by atoms with van der Waals surface area (Å²) in [6, 6.07) is 5.97. The summed E-state index contributed by atoms with van der Waals surface area (Å²) >= 11 is 1.51. The first-order valence-corrected chi connectivity index (χ1v) is 7.47. The van der Waals surface area contributed by atoms with E-state index in [4.69, 9.17) is 0 Å². The fourth-order valence-corrected chi connectivity index (χ4v) is 3.09. The molecule has 0 amide bonds. The molecule has 1 aliphatic carbocycles. The Kier molecular flexibility index (Phi) is 3.41. The van der Waals surface area contributed by atoms with Gasteiger partial charge in [-0.15, -0.1) is 0 Å². The highest BCUT2D eigenvalue weighted by Crippen LogP contribution is 2.28. The number of fused-ring (bicyclic) bond motifs is 1. The standard InChI is InChI=1S/C14H18FN3S/c1-9(18(2)11-4-5-11)8-16-14-17-12-6-3-10(15)7-13(12)19-14/h3,6-7,9,11H,4-5,8H2,1-2H3,(H,16,17). The summed E-state index contributed by atoms with van der Waals surface area (Å²) in [4.78, 5) is 6.88. The predicted molar refractivity (Wildman–Crippen MR) is 78.3 cm³/mol. The van der Waals surface area contributed by atoms with E-state index in [1.807, 2.05) is 0 Å². The first-order valence-electron chi connectivity index (χ1n) is 6.65. The molecule has 1 aromatic heterocycles. The number of likely N-dealkylation sites (N-methyl/N-ethyl adjacent to an activating group) is 1. The third-order valence-corrected chi connectivity index (χ3v) is 4.69. The van der Waals surface area contributed by atoms with Gasteiger partial charge in [-0.1, -0.05) is 11.3 Å². The van der Waals surface area contributed by atoms with Crippen LogP contribution < -0.4 is 5.32 Å². The zero-order valence-electron chi connectivity index (χ0n) is 11.2. The van der Waals surface area contributed by atoms with Crippen LogP contribution in [-0.2, 0) is 0 Å². The third kappa shape index (κ3) is 2.87. The molecule has 2 aromatic rings. The highest BCUT2D eigenvalue weighted by molar-refractivity contribution is 7.22. The summed E-state index contributed by atoms with van der Waals surface area (Å²) in [5.41, 5.74) is 0.858. The molecule has 1 unspecified atom stereocenters. The Morgan fingerprint density at radius 3 is 3.05 bits per heavy atom. The van der Waals surface area contributed by atoms with Crippen LogP contribution in [0.15, 0.2) is 18.2 Å². The smallest absolute Gasteiger partial charge is 0.183 e. The van der Waals surface area contributed by atoms with Crippen molar-refractivity contribution in [2.24, 2.45) is 0 Å². The molecule has 1 atom stereocenters. The van der Waals surface area contributed by atoms with Crippen LogP contribution in [0.2, 0.25) is 0 Å². The molecule has 19 heavy (non-hydrogen) atoms. The van der Waals surface area contributed by atoms with Gasteiger partial charge in [0.15, 0.2) is 5.13 Å². The number of thiazole rings is 1. The van der Waals surface area contributed by atoms with E-state index >= 15 is 0 Å². The maximum atomic E-state index is 13.1. The maximum Gasteiger partial charge on any atom is 0.183 e. The Labute approximate surface area is 116 Å². The molecular weight excluding hydrogens is 261 g/mol. The number of rotatable bonds is 5. The summed E-state index contributed by atoms with van der Waals surface area (Å²) in [6.45, 7) is 3.09. The van der Waals surface area contributed by atoms with Gasteiger partial charge in [-0.25, -0.2) is 9.37 Å². The molecule has 3 nitrogen and oxygen atoms in total. The fraction of sp³-hybridized carbons (Fsp3) is 0.500. The number of aromatic nitrogens is 1. The number of benzene rings is 1. The van der Waals surface area contributed by atoms with Crippen LogP contribution >= 0.6 is 11.3 Å². The van der Waals surface area contributed by atoms with E-state index in [-0.39, 0.29) is 5.82 Å². The summed E-state index contributed by atoms with van der Waals surface area (Å²) in [5, 5.41) is 4.23. The van der Waals surface area contributed by atoms with E-state index in [0.29, 0.717) is 6.04 Å². The number of hydrogen-bond acceptors (Lipinski definition) is 4. The molecular formula is C14H18FN3S. The van der Waals surface area contributed by atoms with Crippen LogP contribution in [0, 0.1) is 5.82 Å². The molecule has 1 N–H and O–H groups in total. The summed E-state index contributed by atoms with van der Waals surface area (Å²) in [6.07, 6.45) is 2.64. The van der Waals surface area contributed by atoms with Crippen LogP contribution in [-0.4, -0.2) is 35.6 Å². The van der Waals surface area contributed by atoms with Crippen molar-refractivity contribution in [3.63, 3.8) is 0 Å². The zero-order valence-corrected chi connectivity index (χ0v) is 12.0. The Morgan fingerprint density at radius 1 is 1.53 bits per heavy atom.